The molecule has 1 N–H and O–H groups in total. The zero-order valence-electron chi connectivity index (χ0n) is 16.0. The van der Waals surface area contributed by atoms with Crippen LogP contribution in [0.3, 0.4) is 0 Å². The summed E-state index contributed by atoms with van der Waals surface area (Å²) >= 11 is 18.8. The number of amides is 1. The molecule has 3 aromatic rings. The van der Waals surface area contributed by atoms with Crippen molar-refractivity contribution in [2.75, 3.05) is 24.3 Å². The van der Waals surface area contributed by atoms with E-state index in [1.165, 1.54) is 18.4 Å². The number of anilines is 2. The molecule has 1 amide bonds. The Balaban J connectivity index is 2.13. The van der Waals surface area contributed by atoms with Crippen LogP contribution in [-0.2, 0) is 4.79 Å². The second-order valence-corrected chi connectivity index (χ2v) is 7.75. The summed E-state index contributed by atoms with van der Waals surface area (Å²) in [5.41, 5.74) is 2.86. The Morgan fingerprint density at radius 1 is 1.07 bits per heavy atom. The highest BCUT2D eigenvalue weighted by Gasteiger charge is 2.22. The summed E-state index contributed by atoms with van der Waals surface area (Å²) in [6, 6.07) is 12.0. The third kappa shape index (κ3) is 4.93. The molecule has 0 bridgehead atoms. The predicted octanol–water partition coefficient (Wildman–Crippen LogP) is 6.37. The molecule has 5 nitrogen and oxygen atoms in total. The van der Waals surface area contributed by atoms with Crippen LogP contribution >= 0.6 is 34.8 Å². The van der Waals surface area contributed by atoms with Gasteiger partial charge in [0.05, 0.1) is 22.0 Å². The molecule has 1 aromatic heterocycles. The molecular weight excluding hydrogens is 433 g/mol. The average Bonchev–Trinajstić information content (AvgIpc) is 3.14. The first kappa shape index (κ1) is 21.2. The zero-order chi connectivity index (χ0) is 21.1. The van der Waals surface area contributed by atoms with Crippen LogP contribution in [0.15, 0.2) is 58.1 Å². The summed E-state index contributed by atoms with van der Waals surface area (Å²) in [5, 5.41) is 3.47. The molecular formula is C21H18Cl3N3O2. The van der Waals surface area contributed by atoms with Crippen LogP contribution in [0.1, 0.15) is 11.1 Å². The smallest absolute Gasteiger partial charge is 0.277 e. The van der Waals surface area contributed by atoms with E-state index in [0.29, 0.717) is 10.7 Å². The van der Waals surface area contributed by atoms with Gasteiger partial charge in [0.2, 0.25) is 0 Å². The lowest BCUT2D eigenvalue weighted by Crippen LogP contribution is -2.24. The SMILES string of the molecule is Cc1cc(N(C)C)ccc1N=C(C(=O)Nc1ccco1)c1c(Cl)cc(Cl)cc1Cl. The molecule has 0 spiro atoms. The van der Waals surface area contributed by atoms with Crippen LogP contribution in [-0.4, -0.2) is 25.7 Å². The Morgan fingerprint density at radius 3 is 2.31 bits per heavy atom. The number of hydrogen-bond acceptors (Lipinski definition) is 4. The van der Waals surface area contributed by atoms with E-state index in [-0.39, 0.29) is 27.2 Å². The van der Waals surface area contributed by atoms with E-state index < -0.39 is 5.91 Å². The number of aryl methyl sites for hydroxylation is 1. The van der Waals surface area contributed by atoms with Gasteiger partial charge in [0.25, 0.3) is 5.91 Å². The average molecular weight is 451 g/mol. The van der Waals surface area contributed by atoms with Crippen molar-refractivity contribution in [1.29, 1.82) is 0 Å². The molecule has 0 aliphatic carbocycles. The van der Waals surface area contributed by atoms with Crippen LogP contribution in [0.4, 0.5) is 17.3 Å². The van der Waals surface area contributed by atoms with Crippen LogP contribution < -0.4 is 10.2 Å². The maximum atomic E-state index is 13.0. The fraction of sp³-hybridized carbons (Fsp3) is 0.143. The van der Waals surface area contributed by atoms with Crippen LogP contribution in [0, 0.1) is 6.92 Å². The molecule has 1 heterocycles. The van der Waals surface area contributed by atoms with E-state index in [1.807, 2.05) is 44.1 Å². The number of halogens is 3. The Morgan fingerprint density at radius 2 is 1.76 bits per heavy atom. The molecule has 0 aliphatic rings. The van der Waals surface area contributed by atoms with Crippen LogP contribution in [0.5, 0.6) is 0 Å². The fourth-order valence-corrected chi connectivity index (χ4v) is 3.67. The topological polar surface area (TPSA) is 57.8 Å². The van der Waals surface area contributed by atoms with Crippen LogP contribution in [0.2, 0.25) is 15.1 Å². The number of furan rings is 1. The van der Waals surface area contributed by atoms with Crippen molar-refractivity contribution < 1.29 is 9.21 Å². The van der Waals surface area contributed by atoms with Gasteiger partial charge >= 0.3 is 0 Å². The molecule has 2 aromatic carbocycles. The molecule has 0 radical (unpaired) electrons. The van der Waals surface area contributed by atoms with Gasteiger partial charge in [0.1, 0.15) is 5.71 Å². The van der Waals surface area contributed by atoms with Gasteiger partial charge in [-0.3, -0.25) is 10.1 Å². The van der Waals surface area contributed by atoms with E-state index in [9.17, 15) is 4.79 Å². The Labute approximate surface area is 183 Å². The van der Waals surface area contributed by atoms with E-state index in [1.54, 1.807) is 12.1 Å². The van der Waals surface area contributed by atoms with Crippen molar-refractivity contribution in [1.82, 2.24) is 0 Å². The first-order valence-corrected chi connectivity index (χ1v) is 9.76. The number of aliphatic imine (C=N–C) groups is 1. The minimum Gasteiger partial charge on any atom is -0.449 e. The van der Waals surface area contributed by atoms with Gasteiger partial charge in [-0.2, -0.15) is 0 Å². The number of rotatable bonds is 5. The molecule has 29 heavy (non-hydrogen) atoms. The quantitative estimate of drug-likeness (QED) is 0.459. The number of benzene rings is 2. The van der Waals surface area contributed by atoms with Crippen molar-refractivity contribution >= 4 is 63.7 Å². The number of nitrogens with one attached hydrogen (secondary N) is 1. The van der Waals surface area contributed by atoms with Gasteiger partial charge in [-0.25, -0.2) is 4.99 Å². The van der Waals surface area contributed by atoms with E-state index in [4.69, 9.17) is 39.2 Å². The molecule has 8 heteroatoms. The number of carbonyl (C=O) groups excluding carboxylic acids is 1. The summed E-state index contributed by atoms with van der Waals surface area (Å²) in [4.78, 5) is 19.6. The van der Waals surface area contributed by atoms with Crippen molar-refractivity contribution in [3.05, 3.63) is 74.9 Å². The van der Waals surface area contributed by atoms with Gasteiger partial charge in [-0.15, -0.1) is 0 Å². The lowest BCUT2D eigenvalue weighted by atomic mass is 10.1. The first-order chi connectivity index (χ1) is 13.8. The van der Waals surface area contributed by atoms with Crippen molar-refractivity contribution in [2.24, 2.45) is 4.99 Å². The highest BCUT2D eigenvalue weighted by atomic mass is 35.5. The third-order valence-corrected chi connectivity index (χ3v) is 4.96. The zero-order valence-corrected chi connectivity index (χ0v) is 18.2. The largest absolute Gasteiger partial charge is 0.449 e. The van der Waals surface area contributed by atoms with E-state index in [2.05, 4.69) is 10.3 Å². The number of carbonyl (C=O) groups is 1. The summed E-state index contributed by atoms with van der Waals surface area (Å²) in [7, 11) is 3.90. The van der Waals surface area contributed by atoms with Gasteiger partial charge in [-0.05, 0) is 48.9 Å². The minimum atomic E-state index is -0.512. The molecule has 0 unspecified atom stereocenters. The molecule has 0 fully saturated rings. The molecule has 0 saturated heterocycles. The molecule has 0 atom stereocenters. The molecule has 3 rings (SSSR count). The summed E-state index contributed by atoms with van der Waals surface area (Å²) in [6.45, 7) is 1.92. The minimum absolute atomic E-state index is 0.0498. The number of hydrogen-bond donors (Lipinski definition) is 1. The lowest BCUT2D eigenvalue weighted by molar-refractivity contribution is -0.110. The molecule has 150 valence electrons. The van der Waals surface area contributed by atoms with Gasteiger partial charge in [-0.1, -0.05) is 34.8 Å². The van der Waals surface area contributed by atoms with Crippen molar-refractivity contribution in [3.8, 4) is 0 Å². The second-order valence-electron chi connectivity index (χ2n) is 6.50. The maximum absolute atomic E-state index is 13.0. The summed E-state index contributed by atoms with van der Waals surface area (Å²) in [6.07, 6.45) is 1.46. The Bertz CT molecular complexity index is 1050. The van der Waals surface area contributed by atoms with Gasteiger partial charge in [0.15, 0.2) is 5.88 Å². The van der Waals surface area contributed by atoms with Gasteiger partial charge < -0.3 is 9.32 Å². The second kappa shape index (κ2) is 8.91. The highest BCUT2D eigenvalue weighted by Crippen LogP contribution is 2.32. The third-order valence-electron chi connectivity index (χ3n) is 4.15. The van der Waals surface area contributed by atoms with Crippen molar-refractivity contribution in [3.63, 3.8) is 0 Å². The van der Waals surface area contributed by atoms with Gasteiger partial charge in [0, 0.05) is 36.4 Å². The normalized spacial score (nSPS) is 11.4. The Hall–Kier alpha value is -2.47. The van der Waals surface area contributed by atoms with E-state index in [0.717, 1.165) is 11.3 Å². The maximum Gasteiger partial charge on any atom is 0.277 e. The van der Waals surface area contributed by atoms with E-state index >= 15 is 0 Å². The van der Waals surface area contributed by atoms with Crippen molar-refractivity contribution in [2.45, 2.75) is 6.92 Å². The lowest BCUT2D eigenvalue weighted by Gasteiger charge is -2.15. The monoisotopic (exact) mass is 449 g/mol. The summed E-state index contributed by atoms with van der Waals surface area (Å²) in [5.74, 6) is -0.231. The number of nitrogens with zero attached hydrogens (tertiary/aromatic N) is 2. The standard InChI is InChI=1S/C21H18Cl3N3O2/c1-12-9-14(27(2)3)6-7-17(12)25-20(21(28)26-18-5-4-8-29-18)19-15(23)10-13(22)11-16(19)24/h4-11H,1-3H3,(H,26,28). The summed E-state index contributed by atoms with van der Waals surface area (Å²) < 4.78 is 5.21. The molecule has 0 aliphatic heterocycles. The highest BCUT2D eigenvalue weighted by molar-refractivity contribution is 6.55. The van der Waals surface area contributed by atoms with Crippen LogP contribution in [0.25, 0.3) is 0 Å². The predicted molar refractivity (Wildman–Crippen MR) is 121 cm³/mol. The molecule has 0 saturated carbocycles. The fourth-order valence-electron chi connectivity index (χ4n) is 2.67. The first-order valence-electron chi connectivity index (χ1n) is 8.62. The Kier molecular flexibility index (Phi) is 6.52.